The Labute approximate surface area is 196 Å². The number of nitriles is 1. The molecule has 4 rings (SSSR count). The van der Waals surface area contributed by atoms with Gasteiger partial charge in [0.2, 0.25) is 5.91 Å². The number of rotatable bonds is 7. The number of hydrogen-bond donors (Lipinski definition) is 1. The third-order valence-electron chi connectivity index (χ3n) is 5.54. The Morgan fingerprint density at radius 3 is 2.69 bits per heavy atom. The Kier molecular flexibility index (Phi) is 6.82. The summed E-state index contributed by atoms with van der Waals surface area (Å²) in [5.74, 6) is 0.872. The van der Waals surface area contributed by atoms with E-state index in [1.54, 1.807) is 11.3 Å². The van der Waals surface area contributed by atoms with Crippen LogP contribution in [0.1, 0.15) is 35.8 Å². The molecule has 1 aliphatic rings. The maximum atomic E-state index is 12.6. The first kappa shape index (κ1) is 22.4. The summed E-state index contributed by atoms with van der Waals surface area (Å²) in [6.07, 6.45) is 4.18. The Hall–Kier alpha value is -2.83. The van der Waals surface area contributed by atoms with Crippen LogP contribution in [0.3, 0.4) is 0 Å². The van der Waals surface area contributed by atoms with Gasteiger partial charge in [0.25, 0.3) is 0 Å². The van der Waals surface area contributed by atoms with E-state index in [1.165, 1.54) is 16.6 Å². The van der Waals surface area contributed by atoms with Gasteiger partial charge in [-0.1, -0.05) is 11.8 Å². The lowest BCUT2D eigenvalue weighted by Gasteiger charge is -2.13. The highest BCUT2D eigenvalue weighted by atomic mass is 32.2. The fraction of sp³-hybridized carbons (Fsp3) is 0.391. The van der Waals surface area contributed by atoms with Gasteiger partial charge in [-0.2, -0.15) is 5.26 Å². The zero-order valence-electron chi connectivity index (χ0n) is 18.5. The predicted molar refractivity (Wildman–Crippen MR) is 130 cm³/mol. The number of nitrogens with one attached hydrogen (secondary N) is 1. The number of aromatic nitrogens is 3. The molecule has 0 radical (unpaired) electrons. The highest BCUT2D eigenvalue weighted by Crippen LogP contribution is 2.37. The molecule has 0 spiro atoms. The fourth-order valence-corrected chi connectivity index (χ4v) is 5.93. The fourth-order valence-electron chi connectivity index (χ4n) is 3.87. The van der Waals surface area contributed by atoms with Crippen molar-refractivity contribution >= 4 is 39.7 Å². The predicted octanol–water partition coefficient (Wildman–Crippen LogP) is 4.57. The molecule has 1 aliphatic carbocycles. The molecule has 1 N–H and O–H groups in total. The normalized spacial score (nSPS) is 12.8. The van der Waals surface area contributed by atoms with Gasteiger partial charge in [0.15, 0.2) is 11.0 Å². The van der Waals surface area contributed by atoms with E-state index >= 15 is 0 Å². The number of anilines is 2. The number of fused-ring (bicyclic) bond motifs is 1. The minimum absolute atomic E-state index is 0.132. The maximum Gasteiger partial charge on any atom is 0.235 e. The van der Waals surface area contributed by atoms with E-state index in [1.807, 2.05) is 37.7 Å². The third-order valence-corrected chi connectivity index (χ3v) is 7.72. The molecule has 0 fully saturated rings. The molecule has 0 atom stereocenters. The van der Waals surface area contributed by atoms with Gasteiger partial charge in [-0.3, -0.25) is 4.79 Å². The molecular weight excluding hydrogens is 440 g/mol. The number of carbonyl (C=O) groups excluding carboxylic acids is 1. The Morgan fingerprint density at radius 1 is 1.25 bits per heavy atom. The van der Waals surface area contributed by atoms with E-state index in [2.05, 4.69) is 38.6 Å². The van der Waals surface area contributed by atoms with Crippen molar-refractivity contribution in [2.24, 2.45) is 0 Å². The third kappa shape index (κ3) is 4.52. The van der Waals surface area contributed by atoms with Crippen LogP contribution in [0, 0.1) is 11.3 Å². The summed E-state index contributed by atoms with van der Waals surface area (Å²) < 4.78 is 2.02. The first-order chi connectivity index (χ1) is 15.5. The van der Waals surface area contributed by atoms with Crippen LogP contribution in [0.5, 0.6) is 0 Å². The van der Waals surface area contributed by atoms with Gasteiger partial charge in [-0.15, -0.1) is 21.5 Å². The molecule has 166 valence electrons. The van der Waals surface area contributed by atoms with Crippen molar-refractivity contribution in [1.29, 1.82) is 5.26 Å². The van der Waals surface area contributed by atoms with Crippen molar-refractivity contribution in [1.82, 2.24) is 14.8 Å². The molecular formula is C23H26N6OS2. The Balaban J connectivity index is 1.45. The number of thioether (sulfide) groups is 1. The van der Waals surface area contributed by atoms with E-state index in [4.69, 9.17) is 0 Å². The Morgan fingerprint density at radius 2 is 2.00 bits per heavy atom. The van der Waals surface area contributed by atoms with E-state index in [0.29, 0.717) is 22.3 Å². The topological polar surface area (TPSA) is 86.8 Å². The van der Waals surface area contributed by atoms with Gasteiger partial charge in [-0.25, -0.2) is 0 Å². The van der Waals surface area contributed by atoms with Gasteiger partial charge in [-0.05, 0) is 62.4 Å². The van der Waals surface area contributed by atoms with Crippen molar-refractivity contribution in [2.45, 2.75) is 44.3 Å². The number of hydrogen-bond acceptors (Lipinski definition) is 7. The molecule has 9 heteroatoms. The first-order valence-corrected chi connectivity index (χ1v) is 12.5. The van der Waals surface area contributed by atoms with Crippen molar-refractivity contribution in [2.75, 3.05) is 30.1 Å². The molecule has 32 heavy (non-hydrogen) atoms. The standard InChI is InChI=1S/C23H26N6OS2/c1-4-29-21(15-9-11-16(12-10-15)28(2)3)26-27-23(29)31-14-20(30)25-22-18(13-24)17-7-5-6-8-19(17)32-22/h9-12H,4-8,14H2,1-3H3,(H,25,30). The average molecular weight is 467 g/mol. The highest BCUT2D eigenvalue weighted by molar-refractivity contribution is 7.99. The summed E-state index contributed by atoms with van der Waals surface area (Å²) in [7, 11) is 4.02. The molecule has 1 aromatic carbocycles. The van der Waals surface area contributed by atoms with Gasteiger partial charge in [0, 0.05) is 36.8 Å². The lowest BCUT2D eigenvalue weighted by molar-refractivity contribution is -0.113. The second kappa shape index (κ2) is 9.76. The lowest BCUT2D eigenvalue weighted by Crippen LogP contribution is -2.14. The van der Waals surface area contributed by atoms with Crippen LogP contribution < -0.4 is 10.2 Å². The monoisotopic (exact) mass is 466 g/mol. The molecule has 2 heterocycles. The van der Waals surface area contributed by atoms with Crippen LogP contribution in [0.15, 0.2) is 29.4 Å². The van der Waals surface area contributed by atoms with Crippen molar-refractivity contribution in [3.63, 3.8) is 0 Å². The second-order valence-corrected chi connectivity index (χ2v) is 9.90. The molecule has 0 saturated carbocycles. The van der Waals surface area contributed by atoms with Crippen molar-refractivity contribution in [3.05, 3.63) is 40.3 Å². The maximum absolute atomic E-state index is 12.6. The van der Waals surface area contributed by atoms with Crippen LogP contribution in [0.4, 0.5) is 10.7 Å². The zero-order chi connectivity index (χ0) is 22.7. The van der Waals surface area contributed by atoms with E-state index in [-0.39, 0.29) is 11.7 Å². The molecule has 2 aromatic heterocycles. The number of thiophene rings is 1. The number of amides is 1. The van der Waals surface area contributed by atoms with Crippen molar-refractivity contribution in [3.8, 4) is 17.5 Å². The summed E-state index contributed by atoms with van der Waals surface area (Å²) in [6.45, 7) is 2.75. The second-order valence-electron chi connectivity index (χ2n) is 7.86. The van der Waals surface area contributed by atoms with Crippen LogP contribution >= 0.6 is 23.1 Å². The number of nitrogens with zero attached hydrogens (tertiary/aromatic N) is 5. The smallest absolute Gasteiger partial charge is 0.235 e. The Bertz CT molecular complexity index is 1160. The quantitative estimate of drug-likeness (QED) is 0.513. The number of aryl methyl sites for hydroxylation is 1. The average Bonchev–Trinajstić information content (AvgIpc) is 3.37. The summed E-state index contributed by atoms with van der Waals surface area (Å²) in [5.41, 5.74) is 3.88. The van der Waals surface area contributed by atoms with Crippen LogP contribution in [0.2, 0.25) is 0 Å². The number of benzene rings is 1. The minimum Gasteiger partial charge on any atom is -0.378 e. The molecule has 0 aliphatic heterocycles. The van der Waals surface area contributed by atoms with Gasteiger partial charge < -0.3 is 14.8 Å². The number of carbonyl (C=O) groups is 1. The highest BCUT2D eigenvalue weighted by Gasteiger charge is 2.22. The molecule has 1 amide bonds. The summed E-state index contributed by atoms with van der Waals surface area (Å²) in [5, 5.41) is 22.6. The first-order valence-electron chi connectivity index (χ1n) is 10.7. The van der Waals surface area contributed by atoms with E-state index in [0.717, 1.165) is 48.3 Å². The van der Waals surface area contributed by atoms with Gasteiger partial charge in [0.1, 0.15) is 11.1 Å². The summed E-state index contributed by atoms with van der Waals surface area (Å²) in [6, 6.07) is 10.5. The lowest BCUT2D eigenvalue weighted by atomic mass is 9.96. The van der Waals surface area contributed by atoms with E-state index < -0.39 is 0 Å². The molecule has 7 nitrogen and oxygen atoms in total. The molecule has 3 aromatic rings. The molecule has 0 saturated heterocycles. The summed E-state index contributed by atoms with van der Waals surface area (Å²) >= 11 is 2.91. The summed E-state index contributed by atoms with van der Waals surface area (Å²) in [4.78, 5) is 15.9. The van der Waals surface area contributed by atoms with E-state index in [9.17, 15) is 10.1 Å². The molecule has 0 unspecified atom stereocenters. The van der Waals surface area contributed by atoms with Gasteiger partial charge >= 0.3 is 0 Å². The minimum atomic E-state index is -0.132. The van der Waals surface area contributed by atoms with Crippen LogP contribution in [-0.4, -0.2) is 40.5 Å². The zero-order valence-corrected chi connectivity index (χ0v) is 20.1. The van der Waals surface area contributed by atoms with Gasteiger partial charge in [0.05, 0.1) is 11.3 Å². The molecule has 0 bridgehead atoms. The largest absolute Gasteiger partial charge is 0.378 e. The van der Waals surface area contributed by atoms with Crippen LogP contribution in [-0.2, 0) is 24.2 Å². The van der Waals surface area contributed by atoms with Crippen molar-refractivity contribution < 1.29 is 4.79 Å². The van der Waals surface area contributed by atoms with Crippen LogP contribution in [0.25, 0.3) is 11.4 Å². The SMILES string of the molecule is CCn1c(SCC(=O)Nc2sc3c(c2C#N)CCCC3)nnc1-c1ccc(N(C)C)cc1.